The van der Waals surface area contributed by atoms with Gasteiger partial charge in [0.25, 0.3) is 0 Å². The molecule has 3 aromatic rings. The molecule has 0 radical (unpaired) electrons. The van der Waals surface area contributed by atoms with Gasteiger partial charge in [-0.15, -0.1) is 12.6 Å². The van der Waals surface area contributed by atoms with Crippen LogP contribution in [0.4, 0.5) is 0 Å². The van der Waals surface area contributed by atoms with E-state index in [9.17, 15) is 0 Å². The second-order valence-electron chi connectivity index (χ2n) is 3.42. The first-order chi connectivity index (χ1) is 7.83. The first-order valence-electron chi connectivity index (χ1n) is 4.79. The third-order valence-corrected chi connectivity index (χ3v) is 2.59. The molecule has 4 nitrogen and oxygen atoms in total. The molecule has 78 valence electrons. The second kappa shape index (κ2) is 3.61. The van der Waals surface area contributed by atoms with Crippen molar-refractivity contribution in [3.8, 4) is 11.4 Å². The number of thiol groups is 1. The van der Waals surface area contributed by atoms with E-state index in [-0.39, 0.29) is 0 Å². The molecule has 0 aliphatic heterocycles. The number of benzene rings is 1. The average molecular weight is 228 g/mol. The highest BCUT2D eigenvalue weighted by Crippen LogP contribution is 2.21. The topological polar surface area (TPSA) is 54.5 Å². The van der Waals surface area contributed by atoms with Crippen LogP contribution in [0.2, 0.25) is 0 Å². The van der Waals surface area contributed by atoms with Crippen molar-refractivity contribution < 1.29 is 0 Å². The fourth-order valence-electron chi connectivity index (χ4n) is 1.57. The lowest BCUT2D eigenvalue weighted by Gasteiger charge is -1.96. The minimum absolute atomic E-state index is 0.806. The van der Waals surface area contributed by atoms with E-state index in [2.05, 4.69) is 32.8 Å². The second-order valence-corrected chi connectivity index (χ2v) is 3.94. The predicted molar refractivity (Wildman–Crippen MR) is 64.4 cm³/mol. The first kappa shape index (κ1) is 9.35. The maximum Gasteiger partial charge on any atom is 0.138 e. The molecule has 0 aliphatic carbocycles. The Bertz CT molecular complexity index is 614. The summed E-state index contributed by atoms with van der Waals surface area (Å²) < 4.78 is 0. The molecular formula is C11H8N4S. The van der Waals surface area contributed by atoms with Crippen molar-refractivity contribution in [3.63, 3.8) is 0 Å². The number of imidazole rings is 1. The Labute approximate surface area is 97.2 Å². The normalized spacial score (nSPS) is 10.8. The summed E-state index contributed by atoms with van der Waals surface area (Å²) in [6.45, 7) is 0. The van der Waals surface area contributed by atoms with E-state index in [1.165, 1.54) is 0 Å². The third kappa shape index (κ3) is 1.55. The molecule has 2 aromatic heterocycles. The smallest absolute Gasteiger partial charge is 0.138 e. The zero-order valence-electron chi connectivity index (χ0n) is 8.25. The summed E-state index contributed by atoms with van der Waals surface area (Å²) in [6.07, 6.45) is 3.30. The van der Waals surface area contributed by atoms with Crippen LogP contribution in [0.1, 0.15) is 0 Å². The van der Waals surface area contributed by atoms with E-state index >= 15 is 0 Å². The number of fused-ring (bicyclic) bond motifs is 1. The summed E-state index contributed by atoms with van der Waals surface area (Å²) in [7, 11) is 0. The molecule has 0 saturated heterocycles. The van der Waals surface area contributed by atoms with E-state index in [0.29, 0.717) is 0 Å². The molecule has 0 fully saturated rings. The van der Waals surface area contributed by atoms with E-state index in [0.717, 1.165) is 27.3 Å². The first-order valence-corrected chi connectivity index (χ1v) is 5.23. The number of aromatic nitrogens is 4. The molecule has 0 unspecified atom stereocenters. The molecule has 0 atom stereocenters. The quantitative estimate of drug-likeness (QED) is 0.628. The Hall–Kier alpha value is -1.88. The van der Waals surface area contributed by atoms with Gasteiger partial charge in [-0.05, 0) is 12.1 Å². The van der Waals surface area contributed by atoms with Crippen LogP contribution in [0, 0.1) is 0 Å². The van der Waals surface area contributed by atoms with Crippen molar-refractivity contribution in [2.45, 2.75) is 4.90 Å². The molecular weight excluding hydrogens is 220 g/mol. The van der Waals surface area contributed by atoms with Crippen molar-refractivity contribution in [2.24, 2.45) is 0 Å². The van der Waals surface area contributed by atoms with Crippen LogP contribution < -0.4 is 0 Å². The Morgan fingerprint density at radius 1 is 1.12 bits per heavy atom. The van der Waals surface area contributed by atoms with Crippen LogP contribution >= 0.6 is 12.6 Å². The van der Waals surface area contributed by atoms with Crippen molar-refractivity contribution in [1.82, 2.24) is 20.2 Å². The van der Waals surface area contributed by atoms with Crippen molar-refractivity contribution >= 4 is 23.7 Å². The predicted octanol–water partition coefficient (Wildman–Crippen LogP) is 2.31. The molecule has 1 N–H and O–H groups in total. The highest BCUT2D eigenvalue weighted by molar-refractivity contribution is 7.80. The molecule has 0 amide bonds. The summed E-state index contributed by atoms with van der Waals surface area (Å²) in [6, 6.07) is 7.82. The number of rotatable bonds is 1. The van der Waals surface area contributed by atoms with Crippen molar-refractivity contribution in [2.75, 3.05) is 0 Å². The maximum absolute atomic E-state index is 4.43. The maximum atomic E-state index is 4.43. The molecule has 0 bridgehead atoms. The van der Waals surface area contributed by atoms with Crippen LogP contribution in [-0.2, 0) is 0 Å². The van der Waals surface area contributed by atoms with Gasteiger partial charge in [-0.25, -0.2) is 4.98 Å². The lowest BCUT2D eigenvalue weighted by Crippen LogP contribution is -1.79. The molecule has 16 heavy (non-hydrogen) atoms. The van der Waals surface area contributed by atoms with E-state index in [1.807, 2.05) is 24.3 Å². The number of hydrogen-bond acceptors (Lipinski definition) is 4. The van der Waals surface area contributed by atoms with Crippen LogP contribution in [0.3, 0.4) is 0 Å². The average Bonchev–Trinajstić information content (AvgIpc) is 2.72. The highest BCUT2D eigenvalue weighted by Gasteiger charge is 2.05. The van der Waals surface area contributed by atoms with Crippen LogP contribution in [-0.4, -0.2) is 20.2 Å². The third-order valence-electron chi connectivity index (χ3n) is 2.31. The number of aromatic amines is 1. The van der Waals surface area contributed by atoms with Crippen LogP contribution in [0.5, 0.6) is 0 Å². The SMILES string of the molecule is Sc1cccc(-c2nc3cnncc3[nH]2)c1. The summed E-state index contributed by atoms with van der Waals surface area (Å²) in [5.41, 5.74) is 2.70. The summed E-state index contributed by atoms with van der Waals surface area (Å²) in [5, 5.41) is 7.59. The summed E-state index contributed by atoms with van der Waals surface area (Å²) in [5.74, 6) is 0.806. The zero-order valence-corrected chi connectivity index (χ0v) is 9.15. The van der Waals surface area contributed by atoms with Gasteiger partial charge >= 0.3 is 0 Å². The monoisotopic (exact) mass is 228 g/mol. The minimum Gasteiger partial charge on any atom is -0.337 e. The van der Waals surface area contributed by atoms with Gasteiger partial charge in [0, 0.05) is 10.5 Å². The Kier molecular flexibility index (Phi) is 2.11. The number of H-pyrrole nitrogens is 1. The molecule has 2 heterocycles. The molecule has 3 rings (SSSR count). The van der Waals surface area contributed by atoms with Gasteiger partial charge in [0.1, 0.15) is 11.3 Å². The van der Waals surface area contributed by atoms with Gasteiger partial charge in [-0.1, -0.05) is 12.1 Å². The molecule has 5 heteroatoms. The highest BCUT2D eigenvalue weighted by atomic mass is 32.1. The Morgan fingerprint density at radius 2 is 2.00 bits per heavy atom. The minimum atomic E-state index is 0.806. The standard InChI is InChI=1S/C11H8N4S/c16-8-3-1-2-7(4-8)11-14-9-5-12-13-6-10(9)15-11/h1-6,16H,(H,14,15). The Balaban J connectivity index is 2.19. The Morgan fingerprint density at radius 3 is 2.81 bits per heavy atom. The lowest BCUT2D eigenvalue weighted by molar-refractivity contribution is 1.05. The van der Waals surface area contributed by atoms with Gasteiger partial charge < -0.3 is 4.98 Å². The fraction of sp³-hybridized carbons (Fsp3) is 0. The van der Waals surface area contributed by atoms with Gasteiger partial charge in [-0.3, -0.25) is 0 Å². The number of nitrogens with zero attached hydrogens (tertiary/aromatic N) is 3. The van der Waals surface area contributed by atoms with Gasteiger partial charge in [0.15, 0.2) is 0 Å². The largest absolute Gasteiger partial charge is 0.337 e. The van der Waals surface area contributed by atoms with E-state index in [4.69, 9.17) is 0 Å². The van der Waals surface area contributed by atoms with Crippen molar-refractivity contribution in [1.29, 1.82) is 0 Å². The lowest BCUT2D eigenvalue weighted by atomic mass is 10.2. The fourth-order valence-corrected chi connectivity index (χ4v) is 1.79. The number of hydrogen-bond donors (Lipinski definition) is 2. The van der Waals surface area contributed by atoms with Gasteiger partial charge in [0.05, 0.1) is 17.9 Å². The summed E-state index contributed by atoms with van der Waals surface area (Å²) >= 11 is 4.30. The van der Waals surface area contributed by atoms with Gasteiger partial charge in [0.2, 0.25) is 0 Å². The van der Waals surface area contributed by atoms with E-state index < -0.39 is 0 Å². The molecule has 1 aromatic carbocycles. The zero-order chi connectivity index (χ0) is 11.0. The van der Waals surface area contributed by atoms with Crippen LogP contribution in [0.15, 0.2) is 41.6 Å². The van der Waals surface area contributed by atoms with Gasteiger partial charge in [-0.2, -0.15) is 10.2 Å². The van der Waals surface area contributed by atoms with Crippen LogP contribution in [0.25, 0.3) is 22.4 Å². The van der Waals surface area contributed by atoms with E-state index in [1.54, 1.807) is 12.4 Å². The molecule has 0 saturated carbocycles. The summed E-state index contributed by atoms with van der Waals surface area (Å²) in [4.78, 5) is 8.53. The molecule has 0 spiro atoms. The molecule has 0 aliphatic rings. The number of nitrogens with one attached hydrogen (secondary N) is 1. The van der Waals surface area contributed by atoms with Crippen molar-refractivity contribution in [3.05, 3.63) is 36.7 Å².